The van der Waals surface area contributed by atoms with Gasteiger partial charge in [0.2, 0.25) is 0 Å². The topological polar surface area (TPSA) is 15.3 Å². The van der Waals surface area contributed by atoms with Crippen LogP contribution in [0.1, 0.15) is 38.8 Å². The van der Waals surface area contributed by atoms with Crippen molar-refractivity contribution in [3.8, 4) is 0 Å². The number of nitrogens with one attached hydrogen (secondary N) is 1. The fourth-order valence-electron chi connectivity index (χ4n) is 2.73. The van der Waals surface area contributed by atoms with Crippen LogP contribution in [0.2, 0.25) is 0 Å². The molecule has 1 aromatic rings. The molecule has 1 heterocycles. The van der Waals surface area contributed by atoms with Gasteiger partial charge in [0, 0.05) is 18.6 Å². The molecule has 1 saturated heterocycles. The summed E-state index contributed by atoms with van der Waals surface area (Å²) in [6, 6.07) is 12.0. The van der Waals surface area contributed by atoms with E-state index in [1.165, 1.54) is 25.1 Å². The Labute approximate surface area is 111 Å². The number of rotatable bonds is 5. The van der Waals surface area contributed by atoms with E-state index >= 15 is 0 Å². The third-order valence-corrected chi connectivity index (χ3v) is 3.96. The molecule has 2 rings (SSSR count). The predicted molar refractivity (Wildman–Crippen MR) is 77.7 cm³/mol. The molecule has 0 aromatic heterocycles. The third-order valence-electron chi connectivity index (χ3n) is 3.96. The van der Waals surface area contributed by atoms with Gasteiger partial charge in [-0.25, -0.2) is 0 Å². The predicted octanol–water partition coefficient (Wildman–Crippen LogP) is 3.07. The maximum atomic E-state index is 3.56. The summed E-state index contributed by atoms with van der Waals surface area (Å²) < 4.78 is 0. The maximum Gasteiger partial charge on any atom is 0.0320 e. The quantitative estimate of drug-likeness (QED) is 0.859. The van der Waals surface area contributed by atoms with Crippen molar-refractivity contribution < 1.29 is 0 Å². The van der Waals surface area contributed by atoms with Gasteiger partial charge in [-0.2, -0.15) is 0 Å². The van der Waals surface area contributed by atoms with Gasteiger partial charge in [-0.05, 0) is 37.9 Å². The van der Waals surface area contributed by atoms with Gasteiger partial charge >= 0.3 is 0 Å². The molecule has 0 saturated carbocycles. The van der Waals surface area contributed by atoms with E-state index in [0.29, 0.717) is 12.1 Å². The standard InChI is InChI=1S/C16H26N2/c1-13(2)17-11-15-9-10-18(12-15)14(3)16-7-5-4-6-8-16/h4-8,13-15,17H,9-12H2,1-3H3. The first-order valence-electron chi connectivity index (χ1n) is 7.19. The summed E-state index contributed by atoms with van der Waals surface area (Å²) in [5.74, 6) is 0.818. The molecule has 0 amide bonds. The zero-order chi connectivity index (χ0) is 13.0. The molecule has 1 N–H and O–H groups in total. The van der Waals surface area contributed by atoms with Crippen molar-refractivity contribution in [3.05, 3.63) is 35.9 Å². The van der Waals surface area contributed by atoms with Crippen LogP contribution in [0.4, 0.5) is 0 Å². The van der Waals surface area contributed by atoms with E-state index in [-0.39, 0.29) is 0 Å². The molecule has 2 heteroatoms. The molecule has 1 aliphatic heterocycles. The van der Waals surface area contributed by atoms with Crippen LogP contribution < -0.4 is 5.32 Å². The first-order valence-corrected chi connectivity index (χ1v) is 7.19. The van der Waals surface area contributed by atoms with Crippen molar-refractivity contribution in [2.75, 3.05) is 19.6 Å². The van der Waals surface area contributed by atoms with Crippen molar-refractivity contribution in [1.82, 2.24) is 10.2 Å². The first kappa shape index (κ1) is 13.6. The summed E-state index contributed by atoms with van der Waals surface area (Å²) in [7, 11) is 0. The average molecular weight is 246 g/mol. The van der Waals surface area contributed by atoms with Crippen molar-refractivity contribution in [1.29, 1.82) is 0 Å². The maximum absolute atomic E-state index is 3.56. The minimum absolute atomic E-state index is 0.551. The lowest BCUT2D eigenvalue weighted by Crippen LogP contribution is -2.31. The largest absolute Gasteiger partial charge is 0.314 e. The Balaban J connectivity index is 1.85. The second-order valence-electron chi connectivity index (χ2n) is 5.80. The zero-order valence-corrected chi connectivity index (χ0v) is 11.9. The molecule has 2 unspecified atom stereocenters. The highest BCUT2D eigenvalue weighted by Crippen LogP contribution is 2.26. The van der Waals surface area contributed by atoms with Crippen LogP contribution in [0.25, 0.3) is 0 Å². The number of nitrogens with zero attached hydrogens (tertiary/aromatic N) is 1. The molecule has 0 radical (unpaired) electrons. The second kappa shape index (κ2) is 6.35. The Morgan fingerprint density at radius 2 is 1.94 bits per heavy atom. The summed E-state index contributed by atoms with van der Waals surface area (Å²) >= 11 is 0. The zero-order valence-electron chi connectivity index (χ0n) is 11.9. The van der Waals surface area contributed by atoms with Crippen LogP contribution in [-0.4, -0.2) is 30.6 Å². The van der Waals surface area contributed by atoms with Gasteiger partial charge in [-0.3, -0.25) is 4.90 Å². The molecular weight excluding hydrogens is 220 g/mol. The van der Waals surface area contributed by atoms with Crippen LogP contribution >= 0.6 is 0 Å². The highest BCUT2D eigenvalue weighted by Gasteiger charge is 2.26. The van der Waals surface area contributed by atoms with Crippen LogP contribution in [0, 0.1) is 5.92 Å². The summed E-state index contributed by atoms with van der Waals surface area (Å²) in [5.41, 5.74) is 1.44. The van der Waals surface area contributed by atoms with Crippen LogP contribution in [-0.2, 0) is 0 Å². The average Bonchev–Trinajstić information content (AvgIpc) is 2.85. The molecule has 2 nitrogen and oxygen atoms in total. The normalized spacial score (nSPS) is 22.6. The summed E-state index contributed by atoms with van der Waals surface area (Å²) in [6.07, 6.45) is 1.33. The molecule has 0 aliphatic carbocycles. The summed E-state index contributed by atoms with van der Waals surface area (Å²) in [5, 5.41) is 3.56. The van der Waals surface area contributed by atoms with E-state index < -0.39 is 0 Å². The summed E-state index contributed by atoms with van der Waals surface area (Å²) in [6.45, 7) is 10.4. The van der Waals surface area contributed by atoms with Gasteiger partial charge in [-0.1, -0.05) is 44.2 Å². The van der Waals surface area contributed by atoms with Gasteiger partial charge in [0.1, 0.15) is 0 Å². The Hall–Kier alpha value is -0.860. The van der Waals surface area contributed by atoms with E-state index in [4.69, 9.17) is 0 Å². The van der Waals surface area contributed by atoms with Crippen LogP contribution in [0.3, 0.4) is 0 Å². The first-order chi connectivity index (χ1) is 8.66. The van der Waals surface area contributed by atoms with E-state index in [1.54, 1.807) is 0 Å². The molecule has 1 fully saturated rings. The minimum Gasteiger partial charge on any atom is -0.314 e. The molecule has 18 heavy (non-hydrogen) atoms. The lowest BCUT2D eigenvalue weighted by Gasteiger charge is -2.25. The van der Waals surface area contributed by atoms with Crippen molar-refractivity contribution in [2.24, 2.45) is 5.92 Å². The molecule has 2 atom stereocenters. The number of hydrogen-bond acceptors (Lipinski definition) is 2. The Morgan fingerprint density at radius 3 is 2.61 bits per heavy atom. The van der Waals surface area contributed by atoms with E-state index in [0.717, 1.165) is 12.5 Å². The highest BCUT2D eigenvalue weighted by molar-refractivity contribution is 5.18. The highest BCUT2D eigenvalue weighted by atomic mass is 15.2. The fraction of sp³-hybridized carbons (Fsp3) is 0.625. The molecule has 1 aliphatic rings. The van der Waals surface area contributed by atoms with Crippen molar-refractivity contribution >= 4 is 0 Å². The minimum atomic E-state index is 0.551. The Kier molecular flexibility index (Phi) is 4.79. The van der Waals surface area contributed by atoms with Crippen molar-refractivity contribution in [2.45, 2.75) is 39.3 Å². The van der Waals surface area contributed by atoms with Gasteiger partial charge in [0.15, 0.2) is 0 Å². The van der Waals surface area contributed by atoms with Gasteiger partial charge in [-0.15, -0.1) is 0 Å². The number of likely N-dealkylation sites (tertiary alicyclic amines) is 1. The SMILES string of the molecule is CC(C)NCC1CCN(C(C)c2ccccc2)C1. The van der Waals surface area contributed by atoms with E-state index in [2.05, 4.69) is 61.3 Å². The van der Waals surface area contributed by atoms with Crippen LogP contribution in [0.5, 0.6) is 0 Å². The van der Waals surface area contributed by atoms with Gasteiger partial charge in [0.25, 0.3) is 0 Å². The van der Waals surface area contributed by atoms with Gasteiger partial charge < -0.3 is 5.32 Å². The summed E-state index contributed by atoms with van der Waals surface area (Å²) in [4.78, 5) is 2.61. The van der Waals surface area contributed by atoms with E-state index in [1.807, 2.05) is 0 Å². The Bertz CT molecular complexity index is 347. The second-order valence-corrected chi connectivity index (χ2v) is 5.80. The third kappa shape index (κ3) is 3.56. The Morgan fingerprint density at radius 1 is 1.22 bits per heavy atom. The molecule has 0 spiro atoms. The van der Waals surface area contributed by atoms with Gasteiger partial charge in [0.05, 0.1) is 0 Å². The smallest absolute Gasteiger partial charge is 0.0320 e. The van der Waals surface area contributed by atoms with E-state index in [9.17, 15) is 0 Å². The molecule has 1 aromatic carbocycles. The van der Waals surface area contributed by atoms with Crippen molar-refractivity contribution in [3.63, 3.8) is 0 Å². The fourth-order valence-corrected chi connectivity index (χ4v) is 2.73. The molecule has 0 bridgehead atoms. The van der Waals surface area contributed by atoms with Crippen LogP contribution in [0.15, 0.2) is 30.3 Å². The lowest BCUT2D eigenvalue weighted by molar-refractivity contribution is 0.251. The molecule has 100 valence electrons. The lowest BCUT2D eigenvalue weighted by atomic mass is 10.1. The number of hydrogen-bond donors (Lipinski definition) is 1. The monoisotopic (exact) mass is 246 g/mol. The molecular formula is C16H26N2. The number of benzene rings is 1.